The van der Waals surface area contributed by atoms with Gasteiger partial charge < -0.3 is 20.1 Å². The Kier molecular flexibility index (Phi) is 6.95. The van der Waals surface area contributed by atoms with Crippen molar-refractivity contribution < 1.29 is 9.47 Å². The van der Waals surface area contributed by atoms with Crippen molar-refractivity contribution in [2.75, 3.05) is 38.0 Å². The summed E-state index contributed by atoms with van der Waals surface area (Å²) in [5.41, 5.74) is 0. The first kappa shape index (κ1) is 15.5. The summed E-state index contributed by atoms with van der Waals surface area (Å²) >= 11 is 0. The van der Waals surface area contributed by atoms with Gasteiger partial charge in [-0.1, -0.05) is 13.8 Å². The molecule has 1 atom stereocenters. The molecular weight excluding hydrogens is 244 g/mol. The molecule has 1 heterocycles. The van der Waals surface area contributed by atoms with Gasteiger partial charge in [0.25, 0.3) is 0 Å². The quantitative estimate of drug-likeness (QED) is 0.715. The molecule has 0 fully saturated rings. The molecule has 6 nitrogen and oxygen atoms in total. The van der Waals surface area contributed by atoms with E-state index in [1.807, 2.05) is 0 Å². The third-order valence-corrected chi connectivity index (χ3v) is 2.75. The van der Waals surface area contributed by atoms with Gasteiger partial charge in [-0.3, -0.25) is 0 Å². The van der Waals surface area contributed by atoms with Gasteiger partial charge in [-0.05, 0) is 12.8 Å². The molecule has 0 radical (unpaired) electrons. The smallest absolute Gasteiger partial charge is 0.204 e. The van der Waals surface area contributed by atoms with Crippen molar-refractivity contribution >= 4 is 11.6 Å². The second kappa shape index (κ2) is 8.53. The van der Waals surface area contributed by atoms with E-state index in [1.54, 1.807) is 14.2 Å². The fourth-order valence-electron chi connectivity index (χ4n) is 1.70. The maximum absolute atomic E-state index is 5.41. The van der Waals surface area contributed by atoms with Crippen molar-refractivity contribution in [3.63, 3.8) is 0 Å². The van der Waals surface area contributed by atoms with Gasteiger partial charge in [0.05, 0.1) is 19.8 Å². The van der Waals surface area contributed by atoms with Crippen LogP contribution in [-0.4, -0.2) is 43.4 Å². The molecule has 108 valence electrons. The maximum atomic E-state index is 5.41. The summed E-state index contributed by atoms with van der Waals surface area (Å²) in [5.74, 6) is 2.06. The number of rotatable bonds is 9. The van der Waals surface area contributed by atoms with Crippen LogP contribution < -0.4 is 15.4 Å². The lowest BCUT2D eigenvalue weighted by molar-refractivity contribution is 0.184. The standard InChI is InChI=1S/C13H24N4O2/c1-5-7-14-12-11(19-4)13(16-9-15-12)17-10(6-2)8-18-3/h9-10H,5-8H2,1-4H3,(H2,14,15,16,17). The Morgan fingerprint density at radius 3 is 2.53 bits per heavy atom. The third kappa shape index (κ3) is 4.55. The van der Waals surface area contributed by atoms with Crippen molar-refractivity contribution in [2.45, 2.75) is 32.7 Å². The molecule has 0 aromatic carbocycles. The van der Waals surface area contributed by atoms with Gasteiger partial charge in [0.15, 0.2) is 11.6 Å². The fraction of sp³-hybridized carbons (Fsp3) is 0.692. The summed E-state index contributed by atoms with van der Waals surface area (Å²) in [7, 11) is 3.31. The predicted octanol–water partition coefficient (Wildman–Crippen LogP) is 2.14. The molecule has 1 unspecified atom stereocenters. The largest absolute Gasteiger partial charge is 0.490 e. The summed E-state index contributed by atoms with van der Waals surface area (Å²) in [6, 6.07) is 0.202. The molecule has 2 N–H and O–H groups in total. The molecule has 0 aliphatic rings. The molecule has 1 aromatic heterocycles. The first-order valence-electron chi connectivity index (χ1n) is 6.65. The molecule has 1 rings (SSSR count). The van der Waals surface area contributed by atoms with Crippen LogP contribution in [0.5, 0.6) is 5.75 Å². The van der Waals surface area contributed by atoms with E-state index in [2.05, 4.69) is 34.4 Å². The zero-order valence-corrected chi connectivity index (χ0v) is 12.2. The third-order valence-electron chi connectivity index (χ3n) is 2.75. The van der Waals surface area contributed by atoms with Crippen molar-refractivity contribution in [1.82, 2.24) is 9.97 Å². The van der Waals surface area contributed by atoms with Crippen LogP contribution in [0.4, 0.5) is 11.6 Å². The summed E-state index contributed by atoms with van der Waals surface area (Å²) in [5, 5.41) is 6.55. The first-order chi connectivity index (χ1) is 9.26. The van der Waals surface area contributed by atoms with Crippen LogP contribution in [0.25, 0.3) is 0 Å². The second-order valence-corrected chi connectivity index (χ2v) is 4.24. The highest BCUT2D eigenvalue weighted by Gasteiger charge is 2.14. The van der Waals surface area contributed by atoms with Crippen LogP contribution in [0, 0.1) is 0 Å². The zero-order valence-electron chi connectivity index (χ0n) is 12.2. The minimum absolute atomic E-state index is 0.202. The van der Waals surface area contributed by atoms with E-state index in [1.165, 1.54) is 6.33 Å². The average molecular weight is 268 g/mol. The number of methoxy groups -OCH3 is 2. The Hall–Kier alpha value is -1.56. The van der Waals surface area contributed by atoms with Gasteiger partial charge in [0.2, 0.25) is 5.75 Å². The lowest BCUT2D eigenvalue weighted by Crippen LogP contribution is -2.25. The SMILES string of the molecule is CCCNc1ncnc(NC(CC)COC)c1OC. The molecule has 0 saturated carbocycles. The van der Waals surface area contributed by atoms with Crippen LogP contribution in [0.15, 0.2) is 6.33 Å². The molecule has 1 aromatic rings. The van der Waals surface area contributed by atoms with E-state index in [-0.39, 0.29) is 6.04 Å². The topological polar surface area (TPSA) is 68.3 Å². The van der Waals surface area contributed by atoms with Crippen LogP contribution in [0.1, 0.15) is 26.7 Å². The second-order valence-electron chi connectivity index (χ2n) is 4.24. The molecule has 0 aliphatic heterocycles. The van der Waals surface area contributed by atoms with E-state index in [9.17, 15) is 0 Å². The average Bonchev–Trinajstić information content (AvgIpc) is 2.44. The summed E-state index contributed by atoms with van der Waals surface area (Å²) in [6.07, 6.45) is 3.50. The summed E-state index contributed by atoms with van der Waals surface area (Å²) in [6.45, 7) is 5.68. The highest BCUT2D eigenvalue weighted by molar-refractivity contribution is 5.63. The highest BCUT2D eigenvalue weighted by atomic mass is 16.5. The van der Waals surface area contributed by atoms with Gasteiger partial charge in [0.1, 0.15) is 6.33 Å². The van der Waals surface area contributed by atoms with Crippen LogP contribution >= 0.6 is 0 Å². The van der Waals surface area contributed by atoms with E-state index in [4.69, 9.17) is 9.47 Å². The van der Waals surface area contributed by atoms with Crippen LogP contribution in [0.3, 0.4) is 0 Å². The number of anilines is 2. The molecule has 19 heavy (non-hydrogen) atoms. The fourth-order valence-corrected chi connectivity index (χ4v) is 1.70. The number of ether oxygens (including phenoxy) is 2. The van der Waals surface area contributed by atoms with Crippen molar-refractivity contribution in [3.8, 4) is 5.75 Å². The summed E-state index contributed by atoms with van der Waals surface area (Å²) in [4.78, 5) is 8.45. The number of nitrogens with one attached hydrogen (secondary N) is 2. The number of hydrogen-bond acceptors (Lipinski definition) is 6. The zero-order chi connectivity index (χ0) is 14.1. The van der Waals surface area contributed by atoms with E-state index >= 15 is 0 Å². The van der Waals surface area contributed by atoms with Gasteiger partial charge in [-0.25, -0.2) is 9.97 Å². The molecule has 0 spiro atoms. The Bertz CT molecular complexity index is 374. The van der Waals surface area contributed by atoms with E-state index in [0.29, 0.717) is 24.0 Å². The Morgan fingerprint density at radius 1 is 1.21 bits per heavy atom. The lowest BCUT2D eigenvalue weighted by Gasteiger charge is -2.19. The van der Waals surface area contributed by atoms with Crippen LogP contribution in [-0.2, 0) is 4.74 Å². The van der Waals surface area contributed by atoms with Gasteiger partial charge in [0, 0.05) is 13.7 Å². The highest BCUT2D eigenvalue weighted by Crippen LogP contribution is 2.29. The first-order valence-corrected chi connectivity index (χ1v) is 6.65. The normalized spacial score (nSPS) is 12.0. The number of aromatic nitrogens is 2. The molecule has 0 saturated heterocycles. The van der Waals surface area contributed by atoms with Crippen LogP contribution in [0.2, 0.25) is 0 Å². The minimum atomic E-state index is 0.202. The van der Waals surface area contributed by atoms with Gasteiger partial charge in [-0.15, -0.1) is 0 Å². The van der Waals surface area contributed by atoms with Crippen molar-refractivity contribution in [3.05, 3.63) is 6.33 Å². The Balaban J connectivity index is 2.86. The molecule has 0 bridgehead atoms. The lowest BCUT2D eigenvalue weighted by atomic mass is 10.2. The minimum Gasteiger partial charge on any atom is -0.490 e. The molecular formula is C13H24N4O2. The predicted molar refractivity (Wildman–Crippen MR) is 76.9 cm³/mol. The van der Waals surface area contributed by atoms with Crippen molar-refractivity contribution in [2.24, 2.45) is 0 Å². The van der Waals surface area contributed by atoms with Crippen molar-refractivity contribution in [1.29, 1.82) is 0 Å². The summed E-state index contributed by atoms with van der Waals surface area (Å²) < 4.78 is 10.6. The maximum Gasteiger partial charge on any atom is 0.204 e. The number of hydrogen-bond donors (Lipinski definition) is 2. The number of nitrogens with zero attached hydrogens (tertiary/aromatic N) is 2. The monoisotopic (exact) mass is 268 g/mol. The molecule has 0 amide bonds. The Morgan fingerprint density at radius 2 is 1.95 bits per heavy atom. The molecule has 0 aliphatic carbocycles. The van der Waals surface area contributed by atoms with Gasteiger partial charge >= 0.3 is 0 Å². The van der Waals surface area contributed by atoms with Gasteiger partial charge in [-0.2, -0.15) is 0 Å². The van der Waals surface area contributed by atoms with E-state index in [0.717, 1.165) is 19.4 Å². The van der Waals surface area contributed by atoms with E-state index < -0.39 is 0 Å². The Labute approximate surface area is 114 Å². The molecule has 6 heteroatoms.